The normalized spacial score (nSPS) is 10.7. The van der Waals surface area contributed by atoms with Gasteiger partial charge in [-0.15, -0.1) is 0 Å². The Bertz CT molecular complexity index is 244. The number of hydrogen-bond acceptors (Lipinski definition) is 5. The van der Waals surface area contributed by atoms with Crippen molar-refractivity contribution in [3.8, 4) is 0 Å². The number of carbonyl (C=O) groups is 2. The summed E-state index contributed by atoms with van der Waals surface area (Å²) in [6, 6.07) is 0. The molecule has 0 N–H and O–H groups in total. The van der Waals surface area contributed by atoms with Crippen molar-refractivity contribution in [1.29, 1.82) is 0 Å². The molecule has 0 aromatic carbocycles. The van der Waals surface area contributed by atoms with Gasteiger partial charge in [-0.05, 0) is 13.8 Å². The molecule has 86 valence electrons. The van der Waals surface area contributed by atoms with Gasteiger partial charge in [0.25, 0.3) is 0 Å². The van der Waals surface area contributed by atoms with Crippen LogP contribution in [0, 0.1) is 0 Å². The topological polar surface area (TPSA) is 61.8 Å². The lowest BCUT2D eigenvalue weighted by Gasteiger charge is -2.06. The predicted molar refractivity (Wildman–Crippen MR) is 53.0 cm³/mol. The van der Waals surface area contributed by atoms with E-state index in [2.05, 4.69) is 4.74 Å². The highest BCUT2D eigenvalue weighted by atomic mass is 16.5. The van der Waals surface area contributed by atoms with E-state index in [0.717, 1.165) is 0 Å². The van der Waals surface area contributed by atoms with Gasteiger partial charge in [0.2, 0.25) is 0 Å². The molecule has 0 unspecified atom stereocenters. The zero-order chi connectivity index (χ0) is 11.7. The first-order valence-corrected chi connectivity index (χ1v) is 4.70. The van der Waals surface area contributed by atoms with Crippen LogP contribution in [0.25, 0.3) is 0 Å². The first-order chi connectivity index (χ1) is 7.15. The van der Waals surface area contributed by atoms with Crippen LogP contribution < -0.4 is 0 Å². The van der Waals surface area contributed by atoms with E-state index >= 15 is 0 Å². The molecule has 0 radical (unpaired) electrons. The van der Waals surface area contributed by atoms with Gasteiger partial charge in [-0.25, -0.2) is 4.79 Å². The molecule has 0 spiro atoms. The van der Waals surface area contributed by atoms with Crippen molar-refractivity contribution in [3.63, 3.8) is 0 Å². The molecule has 5 nitrogen and oxygen atoms in total. The van der Waals surface area contributed by atoms with E-state index in [1.54, 1.807) is 13.8 Å². The minimum atomic E-state index is -0.563. The summed E-state index contributed by atoms with van der Waals surface area (Å²) in [4.78, 5) is 22.4. The highest BCUT2D eigenvalue weighted by molar-refractivity contribution is 5.93. The van der Waals surface area contributed by atoms with Gasteiger partial charge in [0, 0.05) is 0 Å². The molecule has 0 fully saturated rings. The van der Waals surface area contributed by atoms with Crippen molar-refractivity contribution in [2.24, 2.45) is 0 Å². The summed E-state index contributed by atoms with van der Waals surface area (Å²) < 4.78 is 14.1. The standard InChI is InChI=1S/C10H16O5/c1-4-14-9(11)6-8(7-13-3)10(12)15-5-2/h7H,4-6H2,1-3H3. The Hall–Kier alpha value is -1.52. The molecule has 0 aromatic heterocycles. The molecular formula is C10H16O5. The lowest BCUT2D eigenvalue weighted by atomic mass is 10.2. The Labute approximate surface area is 89.0 Å². The van der Waals surface area contributed by atoms with Gasteiger partial charge in [0.1, 0.15) is 0 Å². The smallest absolute Gasteiger partial charge is 0.337 e. The quantitative estimate of drug-likeness (QED) is 0.377. The van der Waals surface area contributed by atoms with Crippen LogP contribution in [0.3, 0.4) is 0 Å². The van der Waals surface area contributed by atoms with Crippen LogP contribution in [-0.2, 0) is 23.8 Å². The maximum absolute atomic E-state index is 11.3. The van der Waals surface area contributed by atoms with E-state index in [0.29, 0.717) is 0 Å². The van der Waals surface area contributed by atoms with Crippen molar-refractivity contribution in [2.45, 2.75) is 20.3 Å². The molecule has 0 saturated carbocycles. The van der Waals surface area contributed by atoms with E-state index in [-0.39, 0.29) is 25.2 Å². The van der Waals surface area contributed by atoms with Crippen molar-refractivity contribution in [1.82, 2.24) is 0 Å². The first-order valence-electron chi connectivity index (χ1n) is 4.70. The molecule has 0 atom stereocenters. The van der Waals surface area contributed by atoms with E-state index in [4.69, 9.17) is 9.47 Å². The molecule has 0 heterocycles. The second kappa shape index (κ2) is 7.84. The maximum atomic E-state index is 11.3. The number of ether oxygens (including phenoxy) is 3. The van der Waals surface area contributed by atoms with Crippen molar-refractivity contribution >= 4 is 11.9 Å². The van der Waals surface area contributed by atoms with E-state index in [9.17, 15) is 9.59 Å². The Morgan fingerprint density at radius 2 is 1.73 bits per heavy atom. The molecule has 5 heteroatoms. The number of methoxy groups -OCH3 is 1. The van der Waals surface area contributed by atoms with Gasteiger partial charge in [-0.3, -0.25) is 4.79 Å². The van der Waals surface area contributed by atoms with E-state index in [1.807, 2.05) is 0 Å². The number of rotatable bonds is 6. The van der Waals surface area contributed by atoms with E-state index in [1.165, 1.54) is 13.4 Å². The maximum Gasteiger partial charge on any atom is 0.337 e. The van der Waals surface area contributed by atoms with Gasteiger partial charge in [0.05, 0.1) is 38.6 Å². The fourth-order valence-electron chi connectivity index (χ4n) is 0.896. The largest absolute Gasteiger partial charge is 0.504 e. The number of esters is 2. The molecule has 0 aliphatic carbocycles. The van der Waals surface area contributed by atoms with Gasteiger partial charge in [-0.1, -0.05) is 0 Å². The summed E-state index contributed by atoms with van der Waals surface area (Å²) in [7, 11) is 1.39. The Morgan fingerprint density at radius 3 is 2.20 bits per heavy atom. The zero-order valence-electron chi connectivity index (χ0n) is 9.24. The van der Waals surface area contributed by atoms with Gasteiger partial charge < -0.3 is 14.2 Å². The Kier molecular flexibility index (Phi) is 7.05. The SMILES string of the molecule is CCOC(=O)CC(=COC)C(=O)OCC. The molecule has 0 aliphatic rings. The number of carbonyl (C=O) groups excluding carboxylic acids is 2. The number of hydrogen-bond donors (Lipinski definition) is 0. The third kappa shape index (κ3) is 5.72. The average Bonchev–Trinajstić information content (AvgIpc) is 2.18. The van der Waals surface area contributed by atoms with Crippen LogP contribution in [0.4, 0.5) is 0 Å². The fourth-order valence-corrected chi connectivity index (χ4v) is 0.896. The highest BCUT2D eigenvalue weighted by Crippen LogP contribution is 2.06. The summed E-state index contributed by atoms with van der Waals surface area (Å²) in [5, 5.41) is 0. The van der Waals surface area contributed by atoms with Crippen LogP contribution in [0.15, 0.2) is 11.8 Å². The zero-order valence-corrected chi connectivity index (χ0v) is 9.24. The van der Waals surface area contributed by atoms with Crippen molar-refractivity contribution in [2.75, 3.05) is 20.3 Å². The van der Waals surface area contributed by atoms with Crippen LogP contribution in [0.5, 0.6) is 0 Å². The van der Waals surface area contributed by atoms with Crippen molar-refractivity contribution < 1.29 is 23.8 Å². The van der Waals surface area contributed by atoms with Crippen LogP contribution in [0.1, 0.15) is 20.3 Å². The summed E-state index contributed by atoms with van der Waals surface area (Å²) in [6.07, 6.45) is 1.05. The molecular weight excluding hydrogens is 200 g/mol. The lowest BCUT2D eigenvalue weighted by Crippen LogP contribution is -2.13. The average molecular weight is 216 g/mol. The van der Waals surface area contributed by atoms with Gasteiger partial charge >= 0.3 is 11.9 Å². The summed E-state index contributed by atoms with van der Waals surface area (Å²) >= 11 is 0. The van der Waals surface area contributed by atoms with E-state index < -0.39 is 11.9 Å². The summed E-state index contributed by atoms with van der Waals surface area (Å²) in [6.45, 7) is 3.92. The van der Waals surface area contributed by atoms with Crippen LogP contribution >= 0.6 is 0 Å². The Balaban J connectivity index is 4.34. The van der Waals surface area contributed by atoms with Gasteiger partial charge in [-0.2, -0.15) is 0 Å². The highest BCUT2D eigenvalue weighted by Gasteiger charge is 2.16. The molecule has 0 aliphatic heterocycles. The molecule has 0 amide bonds. The van der Waals surface area contributed by atoms with Gasteiger partial charge in [0.15, 0.2) is 0 Å². The summed E-state index contributed by atoms with van der Waals surface area (Å²) in [5.41, 5.74) is 0.151. The second-order valence-electron chi connectivity index (χ2n) is 2.58. The molecule has 0 saturated heterocycles. The van der Waals surface area contributed by atoms with Crippen molar-refractivity contribution in [3.05, 3.63) is 11.8 Å². The fraction of sp³-hybridized carbons (Fsp3) is 0.600. The molecule has 0 rings (SSSR count). The Morgan fingerprint density at radius 1 is 1.13 bits per heavy atom. The minimum absolute atomic E-state index is 0.138. The molecule has 0 bridgehead atoms. The summed E-state index contributed by atoms with van der Waals surface area (Å²) in [5.74, 6) is -1.04. The second-order valence-corrected chi connectivity index (χ2v) is 2.58. The third-order valence-electron chi connectivity index (χ3n) is 1.44. The minimum Gasteiger partial charge on any atom is -0.504 e. The van der Waals surface area contributed by atoms with Crippen LogP contribution in [-0.4, -0.2) is 32.3 Å². The third-order valence-corrected chi connectivity index (χ3v) is 1.44. The monoisotopic (exact) mass is 216 g/mol. The predicted octanol–water partition coefficient (Wildman–Crippen LogP) is 1.03. The lowest BCUT2D eigenvalue weighted by molar-refractivity contribution is -0.145. The molecule has 0 aromatic rings. The van der Waals surface area contributed by atoms with Crippen LogP contribution in [0.2, 0.25) is 0 Å². The first kappa shape index (κ1) is 13.5. The molecule has 15 heavy (non-hydrogen) atoms.